The van der Waals surface area contributed by atoms with Crippen molar-refractivity contribution in [1.29, 1.82) is 0 Å². The maximum Gasteiger partial charge on any atom is 0.127 e. The quantitative estimate of drug-likeness (QED) is 0.565. The number of fused-ring (bicyclic) bond motifs is 3. The van der Waals surface area contributed by atoms with Gasteiger partial charge in [-0.05, 0) is 63.9 Å². The number of phenolic OH excluding ortho intramolecular Hbond substituents is 1. The van der Waals surface area contributed by atoms with Gasteiger partial charge in [0, 0.05) is 31.1 Å². The Bertz CT molecular complexity index is 1090. The summed E-state index contributed by atoms with van der Waals surface area (Å²) in [6, 6.07) is -1.98. The summed E-state index contributed by atoms with van der Waals surface area (Å²) in [4.78, 5) is 0. The van der Waals surface area contributed by atoms with Gasteiger partial charge in [0.05, 0.1) is 4.11 Å². The zero-order valence-corrected chi connectivity index (χ0v) is 13.4. The molecule has 1 N–H and O–H groups in total. The van der Waals surface area contributed by atoms with Crippen molar-refractivity contribution in [2.24, 2.45) is 5.89 Å². The lowest BCUT2D eigenvalue weighted by molar-refractivity contribution is 0.0107. The molecule has 0 bridgehead atoms. The number of aromatic hydroxyl groups is 1. The summed E-state index contributed by atoms with van der Waals surface area (Å²) < 4.78 is 117. The second-order valence-corrected chi connectivity index (χ2v) is 6.03. The Morgan fingerprint density at radius 2 is 2.30 bits per heavy atom. The van der Waals surface area contributed by atoms with Gasteiger partial charge in [-0.3, -0.25) is 0 Å². The summed E-state index contributed by atoms with van der Waals surface area (Å²) >= 11 is 0. The van der Waals surface area contributed by atoms with E-state index >= 15 is 0 Å². The molecule has 0 radical (unpaired) electrons. The molecule has 1 aliphatic heterocycles. The largest absolute Gasteiger partial charge is 0.507 e. The van der Waals surface area contributed by atoms with Gasteiger partial charge in [0.15, 0.2) is 0 Å². The third kappa shape index (κ3) is 3.13. The van der Waals surface area contributed by atoms with Gasteiger partial charge in [-0.25, -0.2) is 0 Å². The van der Waals surface area contributed by atoms with Gasteiger partial charge >= 0.3 is 0 Å². The van der Waals surface area contributed by atoms with Gasteiger partial charge < -0.3 is 9.84 Å². The van der Waals surface area contributed by atoms with Gasteiger partial charge in [0.1, 0.15) is 17.1 Å². The standard InChI is InChI=1S/C21H30O2/c1-5-6-7-8-15-12-18(22)20-16-11-14(2)9-10-17(16)21(3,4)23-19(20)13-15/h11-13,16-17,22H,5-10H2,1-4H3/t16-,17-/m1/s1/i3D3,4D3,10D2,11D,12D,13D,16D,17D. The summed E-state index contributed by atoms with van der Waals surface area (Å²) in [7, 11) is 0. The van der Waals surface area contributed by atoms with Crippen LogP contribution in [0.15, 0.2) is 23.7 Å². The highest BCUT2D eigenvalue weighted by molar-refractivity contribution is 5.53. The van der Waals surface area contributed by atoms with Crippen LogP contribution in [0.4, 0.5) is 0 Å². The fourth-order valence-electron chi connectivity index (χ4n) is 2.85. The number of benzene rings is 1. The molecule has 0 fully saturated rings. The molecule has 0 saturated heterocycles. The lowest BCUT2D eigenvalue weighted by Crippen LogP contribution is -2.45. The van der Waals surface area contributed by atoms with Crippen LogP contribution in [-0.4, -0.2) is 10.7 Å². The van der Waals surface area contributed by atoms with Crippen LogP contribution in [0.5, 0.6) is 11.5 Å². The lowest BCUT2D eigenvalue weighted by Gasteiger charge is -2.46. The van der Waals surface area contributed by atoms with Gasteiger partial charge in [0.25, 0.3) is 0 Å². The van der Waals surface area contributed by atoms with Crippen molar-refractivity contribution in [2.45, 2.75) is 77.5 Å². The van der Waals surface area contributed by atoms with Crippen LogP contribution in [0, 0.1) is 5.89 Å². The van der Waals surface area contributed by atoms with Crippen molar-refractivity contribution in [1.82, 2.24) is 0 Å². The Labute approximate surface area is 158 Å². The molecule has 126 valence electrons. The summed E-state index contributed by atoms with van der Waals surface area (Å²) in [5.41, 5.74) is -4.61. The van der Waals surface area contributed by atoms with Crippen molar-refractivity contribution in [2.75, 3.05) is 0 Å². The molecule has 23 heavy (non-hydrogen) atoms. The van der Waals surface area contributed by atoms with Crippen LogP contribution in [0.1, 0.15) is 94.4 Å². The van der Waals surface area contributed by atoms with E-state index in [0.29, 0.717) is 12.8 Å². The molecule has 1 aromatic carbocycles. The minimum Gasteiger partial charge on any atom is -0.507 e. The molecule has 0 aromatic heterocycles. The van der Waals surface area contributed by atoms with Crippen molar-refractivity contribution in [3.8, 4) is 11.5 Å². The zero-order chi connectivity index (χ0) is 27.9. The summed E-state index contributed by atoms with van der Waals surface area (Å²) in [6.07, 6.45) is -1.65. The monoisotopic (exact) mass is 327 g/mol. The molecule has 1 heterocycles. The SMILES string of the molecule is [2H]C1=C(C)CC([2H])([2H])[C@@]2([2H])C(C([2H])([2H])[2H])(C([2H])([2H])[2H])Oc3c([2H])c(CCCCC)c([2H])c(O)c3[C@]12[2H]. The van der Waals surface area contributed by atoms with Crippen LogP contribution in [0.2, 0.25) is 0 Å². The Kier molecular flexibility index (Phi) is 1.84. The molecule has 0 amide bonds. The number of unbranched alkanes of at least 4 members (excludes halogenated alkanes) is 2. The Hall–Kier alpha value is -1.44. The van der Waals surface area contributed by atoms with E-state index in [9.17, 15) is 7.85 Å². The van der Waals surface area contributed by atoms with Crippen molar-refractivity contribution in [3.05, 3.63) is 34.8 Å². The third-order valence-corrected chi connectivity index (χ3v) is 4.00. The number of rotatable bonds is 4. The molecule has 2 nitrogen and oxygen atoms in total. The molecule has 2 atom stereocenters. The van der Waals surface area contributed by atoms with E-state index in [0.717, 1.165) is 6.42 Å². The van der Waals surface area contributed by atoms with Crippen molar-refractivity contribution < 1.29 is 27.7 Å². The third-order valence-electron chi connectivity index (χ3n) is 4.00. The summed E-state index contributed by atoms with van der Waals surface area (Å²) in [5, 5.41) is 11.1. The van der Waals surface area contributed by atoms with Crippen LogP contribution >= 0.6 is 0 Å². The van der Waals surface area contributed by atoms with E-state index < -0.39 is 79.1 Å². The first-order valence-corrected chi connectivity index (χ1v) is 7.90. The maximum absolute atomic E-state index is 11.1. The average Bonchev–Trinajstić information content (AvgIpc) is 2.72. The van der Waals surface area contributed by atoms with Crippen LogP contribution in [0.25, 0.3) is 0 Å². The van der Waals surface area contributed by atoms with Crippen LogP contribution < -0.4 is 4.74 Å². The van der Waals surface area contributed by atoms with Gasteiger partial charge in [0.2, 0.25) is 0 Å². The highest BCUT2D eigenvalue weighted by Crippen LogP contribution is 2.53. The number of hydrogen-bond acceptors (Lipinski definition) is 2. The Morgan fingerprint density at radius 3 is 3.04 bits per heavy atom. The van der Waals surface area contributed by atoms with Gasteiger partial charge in [-0.2, -0.15) is 0 Å². The fraction of sp³-hybridized carbons (Fsp3) is 0.619. The first kappa shape index (κ1) is 6.82. The molecule has 2 heteroatoms. The molecule has 3 rings (SSSR count). The highest BCUT2D eigenvalue weighted by atomic mass is 16.5. The summed E-state index contributed by atoms with van der Waals surface area (Å²) in [5.74, 6) is -8.44. The molecule has 1 aliphatic carbocycles. The van der Waals surface area contributed by atoms with E-state index in [1.165, 1.54) is 6.92 Å². The smallest absolute Gasteiger partial charge is 0.127 e. The molecule has 1 aromatic rings. The molecule has 0 spiro atoms. The predicted octanol–water partition coefficient (Wildman–Crippen LogP) is 5.74. The van der Waals surface area contributed by atoms with Crippen LogP contribution in [0.3, 0.4) is 0 Å². The second-order valence-electron chi connectivity index (χ2n) is 6.03. The zero-order valence-electron chi connectivity index (χ0n) is 26.4. The molecular weight excluding hydrogens is 284 g/mol. The molecule has 2 aliphatic rings. The topological polar surface area (TPSA) is 29.5 Å². The predicted molar refractivity (Wildman–Crippen MR) is 95.3 cm³/mol. The number of ether oxygens (including phenoxy) is 1. The minimum atomic E-state index is -3.73. The van der Waals surface area contributed by atoms with Crippen molar-refractivity contribution in [3.63, 3.8) is 0 Å². The van der Waals surface area contributed by atoms with E-state index in [4.69, 9.17) is 19.8 Å². The minimum absolute atomic E-state index is 0.0554. The van der Waals surface area contributed by atoms with Gasteiger partial charge in [-0.1, -0.05) is 31.4 Å². The fourth-order valence-corrected chi connectivity index (χ4v) is 2.85. The van der Waals surface area contributed by atoms with E-state index in [-0.39, 0.29) is 17.6 Å². The van der Waals surface area contributed by atoms with E-state index in [2.05, 4.69) is 0 Å². The number of hydrogen-bond donors (Lipinski definition) is 1. The lowest BCUT2D eigenvalue weighted by atomic mass is 9.68. The Balaban J connectivity index is 2.62. The molecule has 0 saturated carbocycles. The van der Waals surface area contributed by atoms with E-state index in [1.807, 2.05) is 6.92 Å². The first-order valence-electron chi connectivity index (χ1n) is 14.4. The first-order chi connectivity index (χ1) is 16.2. The number of allylic oxidation sites excluding steroid dienone is 2. The van der Waals surface area contributed by atoms with E-state index in [1.54, 1.807) is 0 Å². The molecular formula is C21H30O2. The van der Waals surface area contributed by atoms with Crippen LogP contribution in [-0.2, 0) is 6.42 Å². The average molecular weight is 328 g/mol. The summed E-state index contributed by atoms with van der Waals surface area (Å²) in [6.45, 7) is -4.23. The maximum atomic E-state index is 11.1. The Morgan fingerprint density at radius 1 is 1.48 bits per heavy atom. The normalized spacial score (nSPS) is 43.5. The highest BCUT2D eigenvalue weighted by Gasteiger charge is 2.45. The van der Waals surface area contributed by atoms with Crippen molar-refractivity contribution >= 4 is 0 Å². The molecule has 0 unspecified atom stereocenters. The van der Waals surface area contributed by atoms with Gasteiger partial charge in [-0.15, -0.1) is 0 Å². The second kappa shape index (κ2) is 6.22. The number of phenols is 1.